The fourth-order valence-electron chi connectivity index (χ4n) is 2.98. The summed E-state index contributed by atoms with van der Waals surface area (Å²) >= 11 is 0. The largest absolute Gasteiger partial charge is 0.465 e. The Bertz CT molecular complexity index is 823. The molecular weight excluding hydrogens is 308 g/mol. The molecule has 0 spiro atoms. The molecular formula is C19H16O5. The second-order valence-electron chi connectivity index (χ2n) is 5.59. The maximum Gasteiger partial charge on any atom is 0.337 e. The van der Waals surface area contributed by atoms with Gasteiger partial charge in [-0.3, -0.25) is 9.59 Å². The van der Waals surface area contributed by atoms with Crippen molar-refractivity contribution in [3.8, 4) is 0 Å². The molecule has 0 heterocycles. The number of aryl methyl sites for hydroxylation is 2. The number of carbonyl (C=O) groups is 3. The van der Waals surface area contributed by atoms with Crippen LogP contribution in [-0.2, 0) is 33.7 Å². The van der Waals surface area contributed by atoms with Crippen LogP contribution in [0, 0.1) is 0 Å². The van der Waals surface area contributed by atoms with Crippen molar-refractivity contribution in [2.24, 2.45) is 0 Å². The van der Waals surface area contributed by atoms with Crippen LogP contribution in [0.1, 0.15) is 43.0 Å². The highest BCUT2D eigenvalue weighted by molar-refractivity contribution is 6.11. The monoisotopic (exact) mass is 324 g/mol. The Morgan fingerprint density at radius 3 is 2.42 bits per heavy atom. The first kappa shape index (κ1) is 15.9. The van der Waals surface area contributed by atoms with Crippen molar-refractivity contribution in [3.05, 3.63) is 69.8 Å². The van der Waals surface area contributed by atoms with Crippen LogP contribution >= 0.6 is 0 Å². The van der Waals surface area contributed by atoms with E-state index in [0.29, 0.717) is 36.0 Å². The third-order valence-electron chi connectivity index (χ3n) is 4.17. The maximum absolute atomic E-state index is 12.8. The average molecular weight is 324 g/mol. The summed E-state index contributed by atoms with van der Waals surface area (Å²) < 4.78 is 9.50. The van der Waals surface area contributed by atoms with E-state index in [0.717, 1.165) is 16.7 Å². The Morgan fingerprint density at radius 2 is 1.75 bits per heavy atom. The molecule has 0 bridgehead atoms. The molecule has 2 aromatic carbocycles. The molecule has 5 heteroatoms. The number of benzene rings is 2. The highest BCUT2D eigenvalue weighted by atomic mass is 16.5. The van der Waals surface area contributed by atoms with Crippen LogP contribution in [0.15, 0.2) is 36.4 Å². The molecule has 3 rings (SSSR count). The van der Waals surface area contributed by atoms with Crippen LogP contribution in [0.5, 0.6) is 0 Å². The normalized spacial score (nSPS) is 12.6. The van der Waals surface area contributed by atoms with E-state index in [1.807, 2.05) is 6.07 Å². The molecule has 0 unspecified atom stereocenters. The standard InChI is InChI=1S/C19H16O5/c1-23-19(22)15-5-7-17-14(9-15)4-3-13-8-12(10-24-11-20)2-6-16(13)18(17)21/h2,5-9,11H,3-4,10H2,1H3. The molecule has 1 aliphatic rings. The van der Waals surface area contributed by atoms with Gasteiger partial charge in [0.15, 0.2) is 5.78 Å². The van der Waals surface area contributed by atoms with Gasteiger partial charge in [0, 0.05) is 11.1 Å². The molecule has 0 atom stereocenters. The molecule has 0 N–H and O–H groups in total. The lowest BCUT2D eigenvalue weighted by atomic mass is 9.96. The van der Waals surface area contributed by atoms with Crippen LogP contribution in [0.3, 0.4) is 0 Å². The minimum Gasteiger partial charge on any atom is -0.465 e. The lowest BCUT2D eigenvalue weighted by molar-refractivity contribution is -0.129. The van der Waals surface area contributed by atoms with Gasteiger partial charge in [0.2, 0.25) is 0 Å². The topological polar surface area (TPSA) is 69.7 Å². The number of carbonyl (C=O) groups excluding carboxylic acids is 3. The van der Waals surface area contributed by atoms with Crippen molar-refractivity contribution in [2.45, 2.75) is 19.4 Å². The minimum absolute atomic E-state index is 0.0585. The number of hydrogen-bond acceptors (Lipinski definition) is 5. The van der Waals surface area contributed by atoms with Crippen molar-refractivity contribution in [3.63, 3.8) is 0 Å². The van der Waals surface area contributed by atoms with Gasteiger partial charge in [-0.1, -0.05) is 18.2 Å². The maximum atomic E-state index is 12.8. The number of methoxy groups -OCH3 is 1. The molecule has 1 aliphatic carbocycles. The first-order chi connectivity index (χ1) is 11.6. The Hall–Kier alpha value is -2.95. The summed E-state index contributed by atoms with van der Waals surface area (Å²) in [6.07, 6.45) is 1.32. The molecule has 5 nitrogen and oxygen atoms in total. The molecule has 0 radical (unpaired) electrons. The van der Waals surface area contributed by atoms with E-state index < -0.39 is 5.97 Å². The molecule has 24 heavy (non-hydrogen) atoms. The van der Waals surface area contributed by atoms with Crippen LogP contribution in [0.25, 0.3) is 0 Å². The van der Waals surface area contributed by atoms with E-state index in [4.69, 9.17) is 9.47 Å². The smallest absolute Gasteiger partial charge is 0.337 e. The zero-order chi connectivity index (χ0) is 17.1. The van der Waals surface area contributed by atoms with E-state index in [1.54, 1.807) is 30.3 Å². The first-order valence-electron chi connectivity index (χ1n) is 7.57. The molecule has 0 saturated carbocycles. The zero-order valence-corrected chi connectivity index (χ0v) is 13.2. The number of rotatable bonds is 4. The van der Waals surface area contributed by atoms with Crippen LogP contribution in [0.2, 0.25) is 0 Å². The van der Waals surface area contributed by atoms with Crippen LogP contribution in [0.4, 0.5) is 0 Å². The molecule has 2 aromatic rings. The van der Waals surface area contributed by atoms with E-state index in [2.05, 4.69) is 0 Å². The lowest BCUT2D eigenvalue weighted by Crippen LogP contribution is -2.07. The van der Waals surface area contributed by atoms with Crippen LogP contribution < -0.4 is 0 Å². The van der Waals surface area contributed by atoms with Gasteiger partial charge >= 0.3 is 5.97 Å². The number of esters is 1. The summed E-state index contributed by atoms with van der Waals surface area (Å²) in [4.78, 5) is 34.8. The molecule has 122 valence electrons. The van der Waals surface area contributed by atoms with Crippen LogP contribution in [-0.4, -0.2) is 25.3 Å². The van der Waals surface area contributed by atoms with Gasteiger partial charge < -0.3 is 9.47 Å². The van der Waals surface area contributed by atoms with Gasteiger partial charge in [-0.2, -0.15) is 0 Å². The summed E-state index contributed by atoms with van der Waals surface area (Å²) in [5, 5.41) is 0. The molecule has 0 saturated heterocycles. The highest BCUT2D eigenvalue weighted by Gasteiger charge is 2.22. The van der Waals surface area contributed by atoms with Gasteiger partial charge in [0.25, 0.3) is 6.47 Å². The van der Waals surface area contributed by atoms with Crippen molar-refractivity contribution >= 4 is 18.2 Å². The summed E-state index contributed by atoms with van der Waals surface area (Å²) in [6, 6.07) is 10.5. The summed E-state index contributed by atoms with van der Waals surface area (Å²) in [5.74, 6) is -0.475. The quantitative estimate of drug-likeness (QED) is 0.638. The second kappa shape index (κ2) is 6.66. The van der Waals surface area contributed by atoms with Crippen molar-refractivity contribution in [1.29, 1.82) is 0 Å². The first-order valence-corrected chi connectivity index (χ1v) is 7.57. The second-order valence-corrected chi connectivity index (χ2v) is 5.59. The SMILES string of the molecule is COC(=O)c1ccc2c(c1)CCc1cc(COC=O)ccc1C2=O. The van der Waals surface area contributed by atoms with Gasteiger partial charge in [-0.05, 0) is 47.7 Å². The minimum atomic E-state index is -0.416. The summed E-state index contributed by atoms with van der Waals surface area (Å²) in [5.41, 5.74) is 4.30. The Labute approximate surface area is 139 Å². The molecule has 0 aromatic heterocycles. The van der Waals surface area contributed by atoms with Crippen molar-refractivity contribution < 1.29 is 23.9 Å². The van der Waals surface area contributed by atoms with Gasteiger partial charge in [-0.15, -0.1) is 0 Å². The fraction of sp³-hybridized carbons (Fsp3) is 0.211. The Balaban J connectivity index is 1.97. The van der Waals surface area contributed by atoms with Gasteiger partial charge in [0.1, 0.15) is 6.61 Å². The number of fused-ring (bicyclic) bond motifs is 2. The number of hydrogen-bond donors (Lipinski definition) is 0. The average Bonchev–Trinajstić information content (AvgIpc) is 2.76. The van der Waals surface area contributed by atoms with E-state index >= 15 is 0 Å². The number of ketones is 1. The fourth-order valence-corrected chi connectivity index (χ4v) is 2.98. The van der Waals surface area contributed by atoms with E-state index in [9.17, 15) is 14.4 Å². The third kappa shape index (κ3) is 2.93. The van der Waals surface area contributed by atoms with Gasteiger partial charge in [-0.25, -0.2) is 4.79 Å². The Kier molecular flexibility index (Phi) is 4.42. The zero-order valence-electron chi connectivity index (χ0n) is 13.2. The van der Waals surface area contributed by atoms with E-state index in [-0.39, 0.29) is 12.4 Å². The third-order valence-corrected chi connectivity index (χ3v) is 4.17. The highest BCUT2D eigenvalue weighted by Crippen LogP contribution is 2.26. The predicted molar refractivity (Wildman–Crippen MR) is 85.9 cm³/mol. The van der Waals surface area contributed by atoms with E-state index in [1.165, 1.54) is 7.11 Å². The van der Waals surface area contributed by atoms with Crippen molar-refractivity contribution in [2.75, 3.05) is 7.11 Å². The molecule has 0 aliphatic heterocycles. The lowest BCUT2D eigenvalue weighted by Gasteiger charge is -2.08. The Morgan fingerprint density at radius 1 is 1.08 bits per heavy atom. The molecule has 0 amide bonds. The number of ether oxygens (including phenoxy) is 2. The predicted octanol–water partition coefficient (Wildman–Crippen LogP) is 2.48. The molecule has 0 fully saturated rings. The summed E-state index contributed by atoms with van der Waals surface area (Å²) in [6.45, 7) is 0.589. The summed E-state index contributed by atoms with van der Waals surface area (Å²) in [7, 11) is 1.33. The van der Waals surface area contributed by atoms with Gasteiger partial charge in [0.05, 0.1) is 12.7 Å². The van der Waals surface area contributed by atoms with Crippen molar-refractivity contribution in [1.82, 2.24) is 0 Å².